The number of piperazine rings is 1. The minimum absolute atomic E-state index is 0.658. The molecule has 1 saturated heterocycles. The first-order valence-corrected chi connectivity index (χ1v) is 8.55. The molecule has 2 aromatic heterocycles. The second-order valence-electron chi connectivity index (χ2n) is 6.33. The number of aryl methyl sites for hydroxylation is 2. The summed E-state index contributed by atoms with van der Waals surface area (Å²) in [4.78, 5) is 2.49. The van der Waals surface area contributed by atoms with E-state index >= 15 is 0 Å². The predicted molar refractivity (Wildman–Crippen MR) is 93.5 cm³/mol. The molecule has 4 rings (SSSR count). The molecule has 0 amide bonds. The molecular weight excluding hydrogens is 312 g/mol. The van der Waals surface area contributed by atoms with Gasteiger partial charge in [0.2, 0.25) is 0 Å². The Kier molecular flexibility index (Phi) is 3.84. The van der Waals surface area contributed by atoms with Crippen LogP contribution in [0, 0.1) is 13.8 Å². The van der Waals surface area contributed by atoms with Gasteiger partial charge in [-0.25, -0.2) is 0 Å². The Hall–Kier alpha value is -1.49. The standard InChI is InChI=1S/C18H21ClN2O2/c1-11-9-14-13(3-6-21-7-4-20-5-8-21)17-15(10-12(2)22-17)16(19)18(14)23-11/h9-10,20H,3-8H2,1-2H3. The van der Waals surface area contributed by atoms with Crippen molar-refractivity contribution in [3.05, 3.63) is 34.2 Å². The number of nitrogens with zero attached hydrogens (tertiary/aromatic N) is 1. The summed E-state index contributed by atoms with van der Waals surface area (Å²) in [6.45, 7) is 9.28. The predicted octanol–water partition coefficient (Wildman–Crippen LogP) is 3.90. The van der Waals surface area contributed by atoms with Crippen LogP contribution in [0.25, 0.3) is 21.9 Å². The molecule has 1 fully saturated rings. The lowest BCUT2D eigenvalue weighted by atomic mass is 10.0. The number of fused-ring (bicyclic) bond motifs is 2. The maximum absolute atomic E-state index is 6.55. The first-order valence-electron chi connectivity index (χ1n) is 8.17. The molecule has 23 heavy (non-hydrogen) atoms. The van der Waals surface area contributed by atoms with Gasteiger partial charge >= 0.3 is 0 Å². The SMILES string of the molecule is Cc1cc2c(CCN3CCNCC3)c3oc(C)cc3c(Cl)c2o1. The van der Waals surface area contributed by atoms with Crippen LogP contribution in [0.5, 0.6) is 0 Å². The molecule has 0 unspecified atom stereocenters. The van der Waals surface area contributed by atoms with Crippen molar-refractivity contribution < 1.29 is 8.83 Å². The molecule has 1 aliphatic heterocycles. The lowest BCUT2D eigenvalue weighted by Crippen LogP contribution is -2.44. The number of halogens is 1. The zero-order valence-electron chi connectivity index (χ0n) is 13.5. The summed E-state index contributed by atoms with van der Waals surface area (Å²) >= 11 is 6.55. The zero-order valence-corrected chi connectivity index (χ0v) is 14.3. The average Bonchev–Trinajstić information content (AvgIpc) is 3.11. The van der Waals surface area contributed by atoms with Crippen LogP contribution in [0.2, 0.25) is 5.02 Å². The van der Waals surface area contributed by atoms with Gasteiger partial charge in [-0.3, -0.25) is 0 Å². The third-order valence-corrected chi connectivity index (χ3v) is 5.01. The summed E-state index contributed by atoms with van der Waals surface area (Å²) in [6.07, 6.45) is 0.941. The Bertz CT molecular complexity index is 801. The number of hydrogen-bond donors (Lipinski definition) is 1. The third kappa shape index (κ3) is 2.65. The van der Waals surface area contributed by atoms with Gasteiger partial charge in [-0.1, -0.05) is 11.6 Å². The topological polar surface area (TPSA) is 41.5 Å². The quantitative estimate of drug-likeness (QED) is 0.790. The number of benzene rings is 1. The summed E-state index contributed by atoms with van der Waals surface area (Å²) in [7, 11) is 0. The van der Waals surface area contributed by atoms with E-state index in [0.717, 1.165) is 72.6 Å². The Morgan fingerprint density at radius 2 is 1.70 bits per heavy atom. The van der Waals surface area contributed by atoms with E-state index in [0.29, 0.717) is 5.02 Å². The van der Waals surface area contributed by atoms with Crippen molar-refractivity contribution in [1.29, 1.82) is 0 Å². The molecule has 1 N–H and O–H groups in total. The molecule has 1 aliphatic rings. The van der Waals surface area contributed by atoms with Gasteiger partial charge in [-0.05, 0) is 32.4 Å². The van der Waals surface area contributed by atoms with Crippen LogP contribution in [-0.4, -0.2) is 37.6 Å². The highest BCUT2D eigenvalue weighted by Gasteiger charge is 2.20. The molecule has 0 aliphatic carbocycles. The highest BCUT2D eigenvalue weighted by atomic mass is 35.5. The highest BCUT2D eigenvalue weighted by molar-refractivity contribution is 6.40. The maximum Gasteiger partial charge on any atom is 0.154 e. The number of furan rings is 2. The van der Waals surface area contributed by atoms with Gasteiger partial charge in [0.05, 0.1) is 5.02 Å². The highest BCUT2D eigenvalue weighted by Crippen LogP contribution is 2.39. The van der Waals surface area contributed by atoms with E-state index in [1.807, 2.05) is 19.9 Å². The third-order valence-electron chi connectivity index (χ3n) is 4.63. The van der Waals surface area contributed by atoms with E-state index in [4.69, 9.17) is 20.4 Å². The Morgan fingerprint density at radius 3 is 2.43 bits per heavy atom. The monoisotopic (exact) mass is 332 g/mol. The van der Waals surface area contributed by atoms with Crippen molar-refractivity contribution >= 4 is 33.5 Å². The van der Waals surface area contributed by atoms with E-state index in [1.54, 1.807) is 0 Å². The minimum Gasteiger partial charge on any atom is -0.461 e. The first-order chi connectivity index (χ1) is 11.1. The molecule has 0 bridgehead atoms. The molecule has 3 aromatic rings. The summed E-state index contributed by atoms with van der Waals surface area (Å²) in [5.41, 5.74) is 2.91. The Labute approximate surface area is 140 Å². The summed E-state index contributed by atoms with van der Waals surface area (Å²) < 4.78 is 11.8. The van der Waals surface area contributed by atoms with Gasteiger partial charge in [0.25, 0.3) is 0 Å². The normalized spacial score (nSPS) is 16.7. The molecular formula is C18H21ClN2O2. The van der Waals surface area contributed by atoms with Crippen molar-refractivity contribution in [3.8, 4) is 0 Å². The molecule has 1 aromatic carbocycles. The van der Waals surface area contributed by atoms with E-state index in [2.05, 4.69) is 16.3 Å². The van der Waals surface area contributed by atoms with Crippen molar-refractivity contribution in [2.45, 2.75) is 20.3 Å². The lowest BCUT2D eigenvalue weighted by molar-refractivity contribution is 0.244. The summed E-state index contributed by atoms with van der Waals surface area (Å²) in [6, 6.07) is 4.08. The second kappa shape index (κ2) is 5.86. The molecule has 4 nitrogen and oxygen atoms in total. The van der Waals surface area contributed by atoms with Crippen LogP contribution in [0.4, 0.5) is 0 Å². The van der Waals surface area contributed by atoms with E-state index < -0.39 is 0 Å². The molecule has 0 radical (unpaired) electrons. The van der Waals surface area contributed by atoms with Crippen LogP contribution in [-0.2, 0) is 6.42 Å². The van der Waals surface area contributed by atoms with Gasteiger partial charge in [0, 0.05) is 49.1 Å². The largest absolute Gasteiger partial charge is 0.461 e. The lowest BCUT2D eigenvalue weighted by Gasteiger charge is -2.27. The molecule has 122 valence electrons. The van der Waals surface area contributed by atoms with E-state index in [1.165, 1.54) is 5.56 Å². The molecule has 0 spiro atoms. The fraction of sp³-hybridized carbons (Fsp3) is 0.444. The van der Waals surface area contributed by atoms with Crippen molar-refractivity contribution in [3.63, 3.8) is 0 Å². The minimum atomic E-state index is 0.658. The molecule has 5 heteroatoms. The van der Waals surface area contributed by atoms with Crippen molar-refractivity contribution in [2.24, 2.45) is 0 Å². The van der Waals surface area contributed by atoms with Gasteiger partial charge in [-0.2, -0.15) is 0 Å². The molecule has 3 heterocycles. The van der Waals surface area contributed by atoms with Crippen LogP contribution in [0.3, 0.4) is 0 Å². The summed E-state index contributed by atoms with van der Waals surface area (Å²) in [5.74, 6) is 1.77. The van der Waals surface area contributed by atoms with E-state index in [9.17, 15) is 0 Å². The first kappa shape index (κ1) is 15.1. The van der Waals surface area contributed by atoms with Crippen LogP contribution in [0.15, 0.2) is 21.0 Å². The fourth-order valence-corrected chi connectivity index (χ4v) is 3.78. The molecule has 0 saturated carbocycles. The fourth-order valence-electron chi connectivity index (χ4n) is 3.50. The van der Waals surface area contributed by atoms with Crippen molar-refractivity contribution in [1.82, 2.24) is 10.2 Å². The smallest absolute Gasteiger partial charge is 0.154 e. The van der Waals surface area contributed by atoms with Crippen molar-refractivity contribution in [2.75, 3.05) is 32.7 Å². The van der Waals surface area contributed by atoms with Crippen LogP contribution < -0.4 is 5.32 Å². The zero-order chi connectivity index (χ0) is 16.0. The van der Waals surface area contributed by atoms with E-state index in [-0.39, 0.29) is 0 Å². The number of rotatable bonds is 3. The number of hydrogen-bond acceptors (Lipinski definition) is 4. The van der Waals surface area contributed by atoms with Gasteiger partial charge < -0.3 is 19.1 Å². The average molecular weight is 333 g/mol. The van der Waals surface area contributed by atoms with Gasteiger partial charge in [-0.15, -0.1) is 0 Å². The Balaban J connectivity index is 1.79. The van der Waals surface area contributed by atoms with Gasteiger partial charge in [0.1, 0.15) is 17.1 Å². The maximum atomic E-state index is 6.55. The second-order valence-corrected chi connectivity index (χ2v) is 6.71. The van der Waals surface area contributed by atoms with Crippen LogP contribution in [0.1, 0.15) is 17.1 Å². The van der Waals surface area contributed by atoms with Crippen LogP contribution >= 0.6 is 11.6 Å². The Morgan fingerprint density at radius 1 is 1.04 bits per heavy atom. The number of nitrogens with one attached hydrogen (secondary N) is 1. The molecule has 0 atom stereocenters. The van der Waals surface area contributed by atoms with Gasteiger partial charge in [0.15, 0.2) is 5.58 Å². The summed E-state index contributed by atoms with van der Waals surface area (Å²) in [5, 5.41) is 6.10.